The third-order valence-electron chi connectivity index (χ3n) is 3.32. The van der Waals surface area contributed by atoms with Crippen molar-refractivity contribution in [2.24, 2.45) is 4.99 Å². The van der Waals surface area contributed by atoms with Gasteiger partial charge in [0.15, 0.2) is 0 Å². The number of hydrogen-bond acceptors (Lipinski definition) is 1. The van der Waals surface area contributed by atoms with E-state index < -0.39 is 0 Å². The van der Waals surface area contributed by atoms with E-state index in [1.807, 2.05) is 66.9 Å². The smallest absolute Gasteiger partial charge is 0.0763 e. The number of aliphatic imine (C=N–C) groups is 1. The first-order chi connectivity index (χ1) is 10.8. The van der Waals surface area contributed by atoms with Gasteiger partial charge in [-0.05, 0) is 46.4 Å². The van der Waals surface area contributed by atoms with Gasteiger partial charge in [0.25, 0.3) is 0 Å². The summed E-state index contributed by atoms with van der Waals surface area (Å²) in [5.74, 6) is 0. The molecule has 3 aromatic rings. The van der Waals surface area contributed by atoms with Gasteiger partial charge < -0.3 is 0 Å². The number of nitrogens with zero attached hydrogens (tertiary/aromatic N) is 1. The third-order valence-corrected chi connectivity index (χ3v) is 4.56. The second-order valence-electron chi connectivity index (χ2n) is 4.78. The highest BCUT2D eigenvalue weighted by atomic mass is 127. The van der Waals surface area contributed by atoms with Gasteiger partial charge in [-0.25, -0.2) is 0 Å². The molecule has 0 N–H and O–H groups in total. The molecule has 108 valence electrons. The van der Waals surface area contributed by atoms with E-state index in [0.29, 0.717) is 0 Å². The Hall–Kier alpha value is -1.65. The molecule has 0 aliphatic heterocycles. The second-order valence-corrected chi connectivity index (χ2v) is 6.35. The normalized spacial score (nSPS) is 11.0. The molecule has 0 aliphatic rings. The Bertz CT molecular complexity index is 827. The summed E-state index contributed by atoms with van der Waals surface area (Å²) in [4.78, 5) is 4.62. The zero-order valence-corrected chi connectivity index (χ0v) is 14.6. The van der Waals surface area contributed by atoms with Crippen molar-refractivity contribution in [3.63, 3.8) is 0 Å². The highest BCUT2D eigenvalue weighted by Crippen LogP contribution is 2.30. The average molecular weight is 418 g/mol. The summed E-state index contributed by atoms with van der Waals surface area (Å²) in [6, 6.07) is 24.1. The number of rotatable bonds is 3. The van der Waals surface area contributed by atoms with Crippen molar-refractivity contribution < 1.29 is 0 Å². The number of halogens is 2. The van der Waals surface area contributed by atoms with Gasteiger partial charge in [0.2, 0.25) is 0 Å². The van der Waals surface area contributed by atoms with E-state index in [0.717, 1.165) is 31.0 Å². The molecule has 3 heteroatoms. The average Bonchev–Trinajstić information content (AvgIpc) is 2.55. The fraction of sp³-hybridized carbons (Fsp3) is 0. The summed E-state index contributed by atoms with van der Waals surface area (Å²) in [5, 5.41) is 0.748. The highest BCUT2D eigenvalue weighted by molar-refractivity contribution is 14.1. The summed E-state index contributed by atoms with van der Waals surface area (Å²) >= 11 is 8.62. The molecular weight excluding hydrogens is 405 g/mol. The minimum Gasteiger partial charge on any atom is -0.255 e. The molecule has 0 bridgehead atoms. The molecule has 0 amide bonds. The first kappa shape index (κ1) is 15.3. The van der Waals surface area contributed by atoms with Gasteiger partial charge in [0.05, 0.1) is 5.69 Å². The summed E-state index contributed by atoms with van der Waals surface area (Å²) in [5.41, 5.74) is 4.13. The monoisotopic (exact) mass is 417 g/mol. The number of benzene rings is 3. The zero-order chi connectivity index (χ0) is 15.4. The Morgan fingerprint density at radius 2 is 1.41 bits per heavy atom. The van der Waals surface area contributed by atoms with E-state index in [1.54, 1.807) is 0 Å². The topological polar surface area (TPSA) is 12.4 Å². The lowest BCUT2D eigenvalue weighted by atomic mass is 10.0. The van der Waals surface area contributed by atoms with E-state index in [2.05, 4.69) is 39.7 Å². The van der Waals surface area contributed by atoms with Crippen LogP contribution < -0.4 is 0 Å². The summed E-state index contributed by atoms with van der Waals surface area (Å²) in [7, 11) is 0. The molecular formula is C19H13ClIN. The minimum absolute atomic E-state index is 0.748. The van der Waals surface area contributed by atoms with Crippen LogP contribution in [0.25, 0.3) is 11.1 Å². The Morgan fingerprint density at radius 3 is 2.18 bits per heavy atom. The molecule has 3 aromatic carbocycles. The van der Waals surface area contributed by atoms with Gasteiger partial charge in [0.1, 0.15) is 0 Å². The van der Waals surface area contributed by atoms with Crippen LogP contribution in [0, 0.1) is 3.57 Å². The number of para-hydroxylation sites is 1. The molecule has 0 aliphatic carbocycles. The molecule has 0 heterocycles. The second kappa shape index (κ2) is 7.07. The van der Waals surface area contributed by atoms with E-state index in [1.165, 1.54) is 0 Å². The van der Waals surface area contributed by atoms with Crippen LogP contribution in [0.15, 0.2) is 77.8 Å². The number of hydrogen-bond donors (Lipinski definition) is 0. The van der Waals surface area contributed by atoms with Gasteiger partial charge in [-0.15, -0.1) is 0 Å². The molecule has 1 nitrogen and oxygen atoms in total. The summed E-state index contributed by atoms with van der Waals surface area (Å²) < 4.78 is 1.13. The van der Waals surface area contributed by atoms with Gasteiger partial charge in [-0.2, -0.15) is 0 Å². The fourth-order valence-electron chi connectivity index (χ4n) is 2.23. The first-order valence-corrected chi connectivity index (χ1v) is 8.34. The quantitative estimate of drug-likeness (QED) is 0.347. The maximum atomic E-state index is 6.33. The van der Waals surface area contributed by atoms with Crippen LogP contribution in [0.1, 0.15) is 5.56 Å². The Morgan fingerprint density at radius 1 is 0.773 bits per heavy atom. The van der Waals surface area contributed by atoms with E-state index in [9.17, 15) is 0 Å². The van der Waals surface area contributed by atoms with E-state index >= 15 is 0 Å². The van der Waals surface area contributed by atoms with E-state index in [4.69, 9.17) is 11.6 Å². The fourth-order valence-corrected chi connectivity index (χ4v) is 2.99. The molecule has 0 fully saturated rings. The van der Waals surface area contributed by atoms with Crippen molar-refractivity contribution in [3.05, 3.63) is 87.0 Å². The molecule has 3 rings (SSSR count). The summed E-state index contributed by atoms with van der Waals surface area (Å²) in [6.45, 7) is 0. The lowest BCUT2D eigenvalue weighted by Gasteiger charge is -2.08. The molecule has 0 aromatic heterocycles. The van der Waals surface area contributed by atoms with Crippen molar-refractivity contribution in [1.82, 2.24) is 0 Å². The lowest BCUT2D eigenvalue weighted by Crippen LogP contribution is -1.88. The molecule has 0 spiro atoms. The Balaban J connectivity index is 2.03. The SMILES string of the molecule is Clc1ccccc1-c1ccccc1C=Nc1ccccc1I. The van der Waals surface area contributed by atoms with Gasteiger partial charge in [0, 0.05) is 25.9 Å². The van der Waals surface area contributed by atoms with Crippen LogP contribution in [-0.4, -0.2) is 6.21 Å². The highest BCUT2D eigenvalue weighted by Gasteiger charge is 2.06. The molecule has 22 heavy (non-hydrogen) atoms. The predicted molar refractivity (Wildman–Crippen MR) is 103 cm³/mol. The van der Waals surface area contributed by atoms with Crippen LogP contribution in [-0.2, 0) is 0 Å². The molecule has 0 radical (unpaired) electrons. The Kier molecular flexibility index (Phi) is 4.90. The van der Waals surface area contributed by atoms with Crippen LogP contribution in [0.5, 0.6) is 0 Å². The van der Waals surface area contributed by atoms with Crippen molar-refractivity contribution in [1.29, 1.82) is 0 Å². The summed E-state index contributed by atoms with van der Waals surface area (Å²) in [6.07, 6.45) is 1.90. The Labute approximate surface area is 148 Å². The van der Waals surface area contributed by atoms with Crippen LogP contribution in [0.4, 0.5) is 5.69 Å². The van der Waals surface area contributed by atoms with Crippen molar-refractivity contribution in [3.8, 4) is 11.1 Å². The maximum absolute atomic E-state index is 6.33. The maximum Gasteiger partial charge on any atom is 0.0763 e. The standard InChI is InChI=1S/C19H13ClIN/c20-17-10-4-3-9-16(17)15-8-2-1-7-14(15)13-22-19-12-6-5-11-18(19)21/h1-13H. The van der Waals surface area contributed by atoms with Crippen LogP contribution in [0.3, 0.4) is 0 Å². The van der Waals surface area contributed by atoms with Crippen molar-refractivity contribution in [2.45, 2.75) is 0 Å². The van der Waals surface area contributed by atoms with Gasteiger partial charge >= 0.3 is 0 Å². The predicted octanol–water partition coefficient (Wildman–Crippen LogP) is 6.36. The zero-order valence-electron chi connectivity index (χ0n) is 11.7. The van der Waals surface area contributed by atoms with Crippen molar-refractivity contribution in [2.75, 3.05) is 0 Å². The van der Waals surface area contributed by atoms with Crippen LogP contribution >= 0.6 is 34.2 Å². The van der Waals surface area contributed by atoms with Gasteiger partial charge in [-0.3, -0.25) is 4.99 Å². The molecule has 0 saturated carbocycles. The molecule has 0 unspecified atom stereocenters. The molecule has 0 saturated heterocycles. The van der Waals surface area contributed by atoms with Crippen molar-refractivity contribution >= 4 is 46.1 Å². The van der Waals surface area contributed by atoms with Gasteiger partial charge in [-0.1, -0.05) is 66.2 Å². The minimum atomic E-state index is 0.748. The van der Waals surface area contributed by atoms with E-state index in [-0.39, 0.29) is 0 Å². The lowest BCUT2D eigenvalue weighted by molar-refractivity contribution is 1.49. The first-order valence-electron chi connectivity index (χ1n) is 6.88. The third kappa shape index (κ3) is 3.39. The van der Waals surface area contributed by atoms with Crippen LogP contribution in [0.2, 0.25) is 5.02 Å². The largest absolute Gasteiger partial charge is 0.255 e. The molecule has 0 atom stereocenters.